The van der Waals surface area contributed by atoms with E-state index in [2.05, 4.69) is 37.9 Å². The van der Waals surface area contributed by atoms with Crippen LogP contribution in [0.1, 0.15) is 47.0 Å². The average molecular weight is 227 g/mol. The first kappa shape index (κ1) is 13.3. The second-order valence-corrected chi connectivity index (χ2v) is 5.92. The average Bonchev–Trinajstić information content (AvgIpc) is 2.08. The zero-order chi connectivity index (χ0) is 12.4. The van der Waals surface area contributed by atoms with Gasteiger partial charge in [0.2, 0.25) is 0 Å². The van der Waals surface area contributed by atoms with E-state index in [4.69, 9.17) is 5.73 Å². The monoisotopic (exact) mass is 227 g/mol. The summed E-state index contributed by atoms with van der Waals surface area (Å²) in [5, 5.41) is 2.67. The Labute approximate surface area is 98.6 Å². The summed E-state index contributed by atoms with van der Waals surface area (Å²) in [5.41, 5.74) is 5.49. The molecule has 0 aromatic heterocycles. The molecule has 0 bridgehead atoms. The Balaban J connectivity index is 2.60. The molecule has 0 radical (unpaired) electrons. The fraction of sp³-hybridized carbons (Fsp3) is 0.917. The Morgan fingerprint density at radius 1 is 1.25 bits per heavy atom. The van der Waals surface area contributed by atoms with Crippen LogP contribution < -0.4 is 11.1 Å². The van der Waals surface area contributed by atoms with Gasteiger partial charge in [-0.1, -0.05) is 0 Å². The van der Waals surface area contributed by atoms with Crippen molar-refractivity contribution in [2.75, 3.05) is 13.1 Å². The number of hydrogen-bond donors (Lipinski definition) is 2. The van der Waals surface area contributed by atoms with E-state index in [1.165, 1.54) is 19.3 Å². The standard InChI is InChI=1S/C12H25N3O/c1-11(2)6-5-7-12(3,4)15(11)9-8-14-10(13)16/h5-9H2,1-4H3,(H3,13,14,16). The molecular formula is C12H25N3O. The number of likely N-dealkylation sites (tertiary alicyclic amines) is 1. The third-order valence-electron chi connectivity index (χ3n) is 3.67. The number of hydrogen-bond acceptors (Lipinski definition) is 2. The number of rotatable bonds is 3. The van der Waals surface area contributed by atoms with Gasteiger partial charge in [0.1, 0.15) is 0 Å². The lowest BCUT2D eigenvalue weighted by Gasteiger charge is -2.53. The smallest absolute Gasteiger partial charge is 0.312 e. The summed E-state index contributed by atoms with van der Waals surface area (Å²) in [5.74, 6) is 0. The lowest BCUT2D eigenvalue weighted by atomic mass is 9.80. The SMILES string of the molecule is CC1(C)CCCC(C)(C)N1CCNC(N)=O. The van der Waals surface area contributed by atoms with Gasteiger partial charge in [0.25, 0.3) is 0 Å². The van der Waals surface area contributed by atoms with E-state index in [9.17, 15) is 4.79 Å². The first-order chi connectivity index (χ1) is 7.26. The van der Waals surface area contributed by atoms with E-state index in [1.54, 1.807) is 0 Å². The molecule has 3 N–H and O–H groups in total. The van der Waals surface area contributed by atoms with Crippen molar-refractivity contribution < 1.29 is 4.79 Å². The van der Waals surface area contributed by atoms with Gasteiger partial charge in [-0.2, -0.15) is 0 Å². The molecule has 4 heteroatoms. The van der Waals surface area contributed by atoms with Crippen LogP contribution in [0.4, 0.5) is 4.79 Å². The Kier molecular flexibility index (Phi) is 3.84. The summed E-state index contributed by atoms with van der Waals surface area (Å²) in [6.45, 7) is 10.6. The third kappa shape index (κ3) is 3.11. The number of nitrogens with one attached hydrogen (secondary N) is 1. The van der Waals surface area contributed by atoms with Gasteiger partial charge >= 0.3 is 6.03 Å². The fourth-order valence-electron chi connectivity index (χ4n) is 2.94. The molecule has 1 rings (SSSR count). The van der Waals surface area contributed by atoms with E-state index in [-0.39, 0.29) is 11.1 Å². The molecular weight excluding hydrogens is 202 g/mol. The van der Waals surface area contributed by atoms with Gasteiger partial charge in [0, 0.05) is 24.2 Å². The van der Waals surface area contributed by atoms with Crippen LogP contribution in [-0.2, 0) is 0 Å². The van der Waals surface area contributed by atoms with E-state index >= 15 is 0 Å². The molecule has 0 unspecified atom stereocenters. The summed E-state index contributed by atoms with van der Waals surface area (Å²) < 4.78 is 0. The van der Waals surface area contributed by atoms with E-state index in [1.807, 2.05) is 0 Å². The number of carbonyl (C=O) groups excluding carboxylic acids is 1. The highest BCUT2D eigenvalue weighted by molar-refractivity contribution is 5.71. The van der Waals surface area contributed by atoms with Crippen LogP contribution in [0.2, 0.25) is 0 Å². The molecule has 1 heterocycles. The zero-order valence-corrected chi connectivity index (χ0v) is 11.0. The van der Waals surface area contributed by atoms with Crippen LogP contribution >= 0.6 is 0 Å². The van der Waals surface area contributed by atoms with Crippen molar-refractivity contribution in [3.8, 4) is 0 Å². The molecule has 16 heavy (non-hydrogen) atoms. The highest BCUT2D eigenvalue weighted by Gasteiger charge is 2.40. The summed E-state index contributed by atoms with van der Waals surface area (Å²) in [6, 6.07) is -0.437. The topological polar surface area (TPSA) is 58.4 Å². The summed E-state index contributed by atoms with van der Waals surface area (Å²) in [7, 11) is 0. The van der Waals surface area contributed by atoms with Crippen LogP contribution in [-0.4, -0.2) is 35.1 Å². The van der Waals surface area contributed by atoms with Crippen LogP contribution in [0, 0.1) is 0 Å². The van der Waals surface area contributed by atoms with Gasteiger partial charge in [-0.25, -0.2) is 4.79 Å². The van der Waals surface area contributed by atoms with Gasteiger partial charge in [-0.15, -0.1) is 0 Å². The van der Waals surface area contributed by atoms with Crippen molar-refractivity contribution in [1.29, 1.82) is 0 Å². The van der Waals surface area contributed by atoms with Gasteiger partial charge in [0.05, 0.1) is 0 Å². The van der Waals surface area contributed by atoms with Crippen molar-refractivity contribution in [2.24, 2.45) is 5.73 Å². The molecule has 0 aromatic carbocycles. The molecule has 0 aromatic rings. The first-order valence-corrected chi connectivity index (χ1v) is 6.07. The maximum atomic E-state index is 10.7. The largest absolute Gasteiger partial charge is 0.352 e. The maximum absolute atomic E-state index is 10.7. The van der Waals surface area contributed by atoms with Crippen molar-refractivity contribution >= 4 is 6.03 Å². The Morgan fingerprint density at radius 2 is 1.75 bits per heavy atom. The molecule has 0 saturated carbocycles. The zero-order valence-electron chi connectivity index (χ0n) is 11.0. The minimum absolute atomic E-state index is 0.209. The van der Waals surface area contributed by atoms with Crippen molar-refractivity contribution in [1.82, 2.24) is 10.2 Å². The van der Waals surface area contributed by atoms with Crippen LogP contribution in [0.3, 0.4) is 0 Å². The molecule has 0 spiro atoms. The first-order valence-electron chi connectivity index (χ1n) is 6.07. The Morgan fingerprint density at radius 3 is 2.19 bits per heavy atom. The molecule has 1 fully saturated rings. The van der Waals surface area contributed by atoms with Crippen LogP contribution in [0.5, 0.6) is 0 Å². The highest BCUT2D eigenvalue weighted by Crippen LogP contribution is 2.37. The minimum atomic E-state index is -0.437. The van der Waals surface area contributed by atoms with Gasteiger partial charge in [0.15, 0.2) is 0 Å². The number of carbonyl (C=O) groups is 1. The van der Waals surface area contributed by atoms with Crippen LogP contribution in [0.15, 0.2) is 0 Å². The predicted molar refractivity (Wildman–Crippen MR) is 66.3 cm³/mol. The van der Waals surface area contributed by atoms with Gasteiger partial charge in [-0.05, 0) is 47.0 Å². The van der Waals surface area contributed by atoms with E-state index in [0.717, 1.165) is 6.54 Å². The number of urea groups is 1. The second-order valence-electron chi connectivity index (χ2n) is 5.92. The molecule has 4 nitrogen and oxygen atoms in total. The van der Waals surface area contributed by atoms with E-state index < -0.39 is 6.03 Å². The van der Waals surface area contributed by atoms with Crippen molar-refractivity contribution in [3.63, 3.8) is 0 Å². The molecule has 0 atom stereocenters. The van der Waals surface area contributed by atoms with Gasteiger partial charge in [-0.3, -0.25) is 4.90 Å². The normalized spacial score (nSPS) is 24.0. The number of nitrogens with two attached hydrogens (primary N) is 1. The maximum Gasteiger partial charge on any atom is 0.312 e. The molecule has 1 saturated heterocycles. The number of piperidine rings is 1. The lowest BCUT2D eigenvalue weighted by molar-refractivity contribution is -0.0248. The van der Waals surface area contributed by atoms with Crippen molar-refractivity contribution in [3.05, 3.63) is 0 Å². The number of amides is 2. The number of nitrogens with zero attached hydrogens (tertiary/aromatic N) is 1. The summed E-state index contributed by atoms with van der Waals surface area (Å²) >= 11 is 0. The van der Waals surface area contributed by atoms with Gasteiger partial charge < -0.3 is 11.1 Å². The predicted octanol–water partition coefficient (Wildman–Crippen LogP) is 1.70. The number of primary amides is 1. The molecule has 0 aliphatic carbocycles. The minimum Gasteiger partial charge on any atom is -0.352 e. The lowest BCUT2D eigenvalue weighted by Crippen LogP contribution is -2.60. The highest BCUT2D eigenvalue weighted by atomic mass is 16.2. The van der Waals surface area contributed by atoms with Crippen molar-refractivity contribution in [2.45, 2.75) is 58.0 Å². The summed E-state index contributed by atoms with van der Waals surface area (Å²) in [4.78, 5) is 13.1. The quantitative estimate of drug-likeness (QED) is 0.771. The molecule has 2 amide bonds. The molecule has 1 aliphatic heterocycles. The van der Waals surface area contributed by atoms with Crippen LogP contribution in [0.25, 0.3) is 0 Å². The molecule has 1 aliphatic rings. The Bertz CT molecular complexity index is 245. The molecule has 94 valence electrons. The summed E-state index contributed by atoms with van der Waals surface area (Å²) in [6.07, 6.45) is 3.71. The Hall–Kier alpha value is -0.770. The third-order valence-corrected chi connectivity index (χ3v) is 3.67. The second kappa shape index (κ2) is 4.62. The van der Waals surface area contributed by atoms with E-state index in [0.29, 0.717) is 6.54 Å². The fourth-order valence-corrected chi connectivity index (χ4v) is 2.94.